The van der Waals surface area contributed by atoms with Crippen molar-refractivity contribution in [2.24, 2.45) is 11.7 Å². The monoisotopic (exact) mass is 230 g/mol. The minimum atomic E-state index is 0.0600. The second-order valence-corrected chi connectivity index (χ2v) is 4.06. The van der Waals surface area contributed by atoms with Gasteiger partial charge in [-0.2, -0.15) is 5.26 Å². The molecule has 0 spiro atoms. The number of benzene rings is 1. The number of nitrogens with zero attached hydrogens (tertiary/aromatic N) is 1. The molecule has 1 rings (SSSR count). The molecule has 0 aliphatic rings. The highest BCUT2D eigenvalue weighted by molar-refractivity contribution is 5.60. The smallest absolute Gasteiger partial charge is 0.174 e. The normalized spacial score (nSPS) is 11.4. The van der Waals surface area contributed by atoms with Crippen LogP contribution in [0.4, 0.5) is 0 Å². The summed E-state index contributed by atoms with van der Waals surface area (Å²) in [5.74, 6) is 1.13. The SMILES string of the molecule is CC(C)C(=Cc1ccccc1OCC#N)CN. The first kappa shape index (κ1) is 13.3. The van der Waals surface area contributed by atoms with Crippen LogP contribution < -0.4 is 10.5 Å². The van der Waals surface area contributed by atoms with E-state index in [9.17, 15) is 0 Å². The van der Waals surface area contributed by atoms with E-state index < -0.39 is 0 Å². The number of rotatable bonds is 5. The van der Waals surface area contributed by atoms with Crippen LogP contribution in [0.2, 0.25) is 0 Å². The summed E-state index contributed by atoms with van der Waals surface area (Å²) in [5.41, 5.74) is 7.84. The standard InChI is InChI=1S/C14H18N2O/c1-11(2)13(10-16)9-12-5-3-4-6-14(12)17-8-7-15/h3-6,9,11H,8,10,16H2,1-2H3. The molecule has 0 amide bonds. The van der Waals surface area contributed by atoms with E-state index in [1.54, 1.807) is 0 Å². The van der Waals surface area contributed by atoms with E-state index in [1.165, 1.54) is 0 Å². The Morgan fingerprint density at radius 2 is 2.18 bits per heavy atom. The molecule has 0 saturated carbocycles. The van der Waals surface area contributed by atoms with Gasteiger partial charge in [0.05, 0.1) is 0 Å². The molecule has 3 heteroatoms. The lowest BCUT2D eigenvalue weighted by Gasteiger charge is -2.11. The van der Waals surface area contributed by atoms with Crippen molar-refractivity contribution in [3.63, 3.8) is 0 Å². The van der Waals surface area contributed by atoms with E-state index in [1.807, 2.05) is 36.4 Å². The van der Waals surface area contributed by atoms with Crippen molar-refractivity contribution in [2.45, 2.75) is 13.8 Å². The van der Waals surface area contributed by atoms with Crippen molar-refractivity contribution in [3.8, 4) is 11.8 Å². The van der Waals surface area contributed by atoms with E-state index in [0.29, 0.717) is 12.5 Å². The molecule has 90 valence electrons. The predicted molar refractivity (Wildman–Crippen MR) is 69.4 cm³/mol. The zero-order valence-electron chi connectivity index (χ0n) is 10.3. The Bertz CT molecular complexity index is 430. The van der Waals surface area contributed by atoms with Crippen molar-refractivity contribution in [1.82, 2.24) is 0 Å². The maximum atomic E-state index is 8.52. The zero-order valence-corrected chi connectivity index (χ0v) is 10.3. The summed E-state index contributed by atoms with van der Waals surface area (Å²) in [6.45, 7) is 4.81. The molecular weight excluding hydrogens is 212 g/mol. The molecule has 0 bridgehead atoms. The van der Waals surface area contributed by atoms with Crippen molar-refractivity contribution in [3.05, 3.63) is 35.4 Å². The Labute approximate surface area is 103 Å². The third kappa shape index (κ3) is 3.93. The van der Waals surface area contributed by atoms with E-state index in [2.05, 4.69) is 13.8 Å². The van der Waals surface area contributed by atoms with Crippen LogP contribution in [0.3, 0.4) is 0 Å². The number of nitrogens with two attached hydrogens (primary N) is 1. The van der Waals surface area contributed by atoms with E-state index in [-0.39, 0.29) is 6.61 Å². The molecular formula is C14H18N2O. The van der Waals surface area contributed by atoms with Crippen molar-refractivity contribution in [1.29, 1.82) is 5.26 Å². The molecule has 0 unspecified atom stereocenters. The molecule has 0 atom stereocenters. The van der Waals surface area contributed by atoms with Gasteiger partial charge < -0.3 is 10.5 Å². The van der Waals surface area contributed by atoms with Gasteiger partial charge in [0.2, 0.25) is 0 Å². The molecule has 2 N–H and O–H groups in total. The molecule has 0 aromatic heterocycles. The highest BCUT2D eigenvalue weighted by Crippen LogP contribution is 2.22. The largest absolute Gasteiger partial charge is 0.478 e. The summed E-state index contributed by atoms with van der Waals surface area (Å²) >= 11 is 0. The molecule has 1 aromatic rings. The van der Waals surface area contributed by atoms with Crippen LogP contribution in [0.5, 0.6) is 5.75 Å². The second kappa shape index (κ2) is 6.72. The number of hydrogen-bond donors (Lipinski definition) is 1. The van der Waals surface area contributed by atoms with Gasteiger partial charge in [-0.15, -0.1) is 0 Å². The molecule has 0 saturated heterocycles. The van der Waals surface area contributed by atoms with Crippen LogP contribution in [-0.2, 0) is 0 Å². The summed E-state index contributed by atoms with van der Waals surface area (Å²) in [7, 11) is 0. The fourth-order valence-electron chi connectivity index (χ4n) is 1.50. The lowest BCUT2D eigenvalue weighted by Crippen LogP contribution is -2.08. The van der Waals surface area contributed by atoms with Crippen LogP contribution in [0.1, 0.15) is 19.4 Å². The van der Waals surface area contributed by atoms with Gasteiger partial charge in [0.25, 0.3) is 0 Å². The summed E-state index contributed by atoms with van der Waals surface area (Å²) in [4.78, 5) is 0. The van der Waals surface area contributed by atoms with Crippen LogP contribution in [0, 0.1) is 17.2 Å². The van der Waals surface area contributed by atoms with Gasteiger partial charge in [-0.25, -0.2) is 0 Å². The molecule has 3 nitrogen and oxygen atoms in total. The minimum absolute atomic E-state index is 0.0600. The van der Waals surface area contributed by atoms with E-state index >= 15 is 0 Å². The number of hydrogen-bond acceptors (Lipinski definition) is 3. The summed E-state index contributed by atoms with van der Waals surface area (Å²) in [6, 6.07) is 9.62. The molecule has 0 fully saturated rings. The molecule has 0 heterocycles. The Kier molecular flexibility index (Phi) is 5.25. The lowest BCUT2D eigenvalue weighted by molar-refractivity contribution is 0.367. The van der Waals surface area contributed by atoms with Gasteiger partial charge in [0, 0.05) is 12.1 Å². The van der Waals surface area contributed by atoms with Crippen molar-refractivity contribution >= 4 is 6.08 Å². The summed E-state index contributed by atoms with van der Waals surface area (Å²) < 4.78 is 5.36. The first-order chi connectivity index (χ1) is 8.19. The zero-order chi connectivity index (χ0) is 12.7. The fourth-order valence-corrected chi connectivity index (χ4v) is 1.50. The molecule has 0 aliphatic heterocycles. The van der Waals surface area contributed by atoms with Gasteiger partial charge in [-0.05, 0) is 12.0 Å². The third-order valence-electron chi connectivity index (χ3n) is 2.53. The average Bonchev–Trinajstić information content (AvgIpc) is 2.34. The average molecular weight is 230 g/mol. The topological polar surface area (TPSA) is 59.0 Å². The van der Waals surface area contributed by atoms with Crippen LogP contribution in [-0.4, -0.2) is 13.2 Å². The number of para-hydroxylation sites is 1. The van der Waals surface area contributed by atoms with Crippen molar-refractivity contribution < 1.29 is 4.74 Å². The quantitative estimate of drug-likeness (QED) is 0.845. The minimum Gasteiger partial charge on any atom is -0.478 e. The van der Waals surface area contributed by atoms with Gasteiger partial charge in [-0.3, -0.25) is 0 Å². The molecule has 0 radical (unpaired) electrons. The van der Waals surface area contributed by atoms with Crippen LogP contribution >= 0.6 is 0 Å². The fraction of sp³-hybridized carbons (Fsp3) is 0.357. The Morgan fingerprint density at radius 3 is 2.76 bits per heavy atom. The molecule has 17 heavy (non-hydrogen) atoms. The van der Waals surface area contributed by atoms with E-state index in [4.69, 9.17) is 15.7 Å². The van der Waals surface area contributed by atoms with E-state index in [0.717, 1.165) is 16.9 Å². The van der Waals surface area contributed by atoms with Crippen molar-refractivity contribution in [2.75, 3.05) is 13.2 Å². The Hall–Kier alpha value is -1.79. The van der Waals surface area contributed by atoms with Gasteiger partial charge in [-0.1, -0.05) is 43.7 Å². The number of ether oxygens (including phenoxy) is 1. The summed E-state index contributed by atoms with van der Waals surface area (Å²) in [6.07, 6.45) is 2.04. The molecule has 1 aromatic carbocycles. The Morgan fingerprint density at radius 1 is 1.47 bits per heavy atom. The Balaban J connectivity index is 3.00. The van der Waals surface area contributed by atoms with Gasteiger partial charge >= 0.3 is 0 Å². The first-order valence-electron chi connectivity index (χ1n) is 5.68. The van der Waals surface area contributed by atoms with Gasteiger partial charge in [0.1, 0.15) is 11.8 Å². The van der Waals surface area contributed by atoms with Crippen LogP contribution in [0.25, 0.3) is 6.08 Å². The second-order valence-electron chi connectivity index (χ2n) is 4.06. The molecule has 0 aliphatic carbocycles. The highest BCUT2D eigenvalue weighted by atomic mass is 16.5. The maximum Gasteiger partial charge on any atom is 0.174 e. The van der Waals surface area contributed by atoms with Gasteiger partial charge in [0.15, 0.2) is 6.61 Å². The lowest BCUT2D eigenvalue weighted by atomic mass is 10.00. The summed E-state index contributed by atoms with van der Waals surface area (Å²) in [5, 5.41) is 8.52. The predicted octanol–water partition coefficient (Wildman–Crippen LogP) is 2.59. The first-order valence-corrected chi connectivity index (χ1v) is 5.68. The third-order valence-corrected chi connectivity index (χ3v) is 2.53. The number of nitriles is 1. The van der Waals surface area contributed by atoms with Crippen LogP contribution in [0.15, 0.2) is 29.8 Å². The maximum absolute atomic E-state index is 8.52. The highest BCUT2D eigenvalue weighted by Gasteiger charge is 2.04.